The normalized spacial score (nSPS) is 20.0. The molecule has 0 aromatic heterocycles. The van der Waals surface area contributed by atoms with Gasteiger partial charge in [-0.1, -0.05) is 18.2 Å². The van der Waals surface area contributed by atoms with E-state index in [-0.39, 0.29) is 17.9 Å². The van der Waals surface area contributed by atoms with E-state index in [0.717, 1.165) is 6.42 Å². The smallest absolute Gasteiger partial charge is 0.251 e. The Bertz CT molecular complexity index is 389. The maximum absolute atomic E-state index is 11.8. The molecule has 84 valence electrons. The zero-order valence-corrected chi connectivity index (χ0v) is 8.90. The first-order chi connectivity index (χ1) is 7.77. The Hall–Kier alpha value is -1.84. The Morgan fingerprint density at radius 3 is 2.75 bits per heavy atom. The van der Waals surface area contributed by atoms with Gasteiger partial charge in [0.1, 0.15) is 6.04 Å². The second-order valence-electron chi connectivity index (χ2n) is 3.83. The standard InChI is InChI=1S/C12H14N2O2/c15-11(9-5-2-1-3-6-9)14-10-7-4-8-13-12(10)16/h1-3,5-6,10H,4,7-8H2,(H,13,16)(H,14,15). The van der Waals surface area contributed by atoms with Gasteiger partial charge in [0.2, 0.25) is 5.91 Å². The highest BCUT2D eigenvalue weighted by Crippen LogP contribution is 2.05. The topological polar surface area (TPSA) is 58.2 Å². The third kappa shape index (κ3) is 2.39. The number of carbonyl (C=O) groups is 2. The molecule has 0 bridgehead atoms. The van der Waals surface area contributed by atoms with Gasteiger partial charge in [-0.25, -0.2) is 0 Å². The van der Waals surface area contributed by atoms with Crippen molar-refractivity contribution in [3.8, 4) is 0 Å². The van der Waals surface area contributed by atoms with E-state index in [1.165, 1.54) is 0 Å². The molecule has 0 saturated carbocycles. The van der Waals surface area contributed by atoms with E-state index in [1.807, 2.05) is 6.07 Å². The number of amides is 2. The van der Waals surface area contributed by atoms with Gasteiger partial charge in [-0.2, -0.15) is 0 Å². The van der Waals surface area contributed by atoms with Crippen molar-refractivity contribution in [1.82, 2.24) is 10.6 Å². The molecule has 4 nitrogen and oxygen atoms in total. The molecule has 1 fully saturated rings. The van der Waals surface area contributed by atoms with Gasteiger partial charge < -0.3 is 10.6 Å². The van der Waals surface area contributed by atoms with E-state index >= 15 is 0 Å². The molecule has 2 rings (SSSR count). The second kappa shape index (κ2) is 4.79. The molecule has 1 atom stereocenters. The second-order valence-corrected chi connectivity index (χ2v) is 3.83. The SMILES string of the molecule is O=C(NC1CCCNC1=O)c1ccccc1. The molecule has 0 aliphatic carbocycles. The number of rotatable bonds is 2. The Morgan fingerprint density at radius 2 is 2.06 bits per heavy atom. The summed E-state index contributed by atoms with van der Waals surface area (Å²) < 4.78 is 0. The van der Waals surface area contributed by atoms with Crippen LogP contribution in [0.5, 0.6) is 0 Å². The number of carbonyl (C=O) groups excluding carboxylic acids is 2. The van der Waals surface area contributed by atoms with Crippen LogP contribution in [0.15, 0.2) is 30.3 Å². The lowest BCUT2D eigenvalue weighted by atomic mass is 10.1. The van der Waals surface area contributed by atoms with Crippen molar-refractivity contribution in [2.24, 2.45) is 0 Å². The van der Waals surface area contributed by atoms with E-state index < -0.39 is 0 Å². The minimum atomic E-state index is -0.388. The lowest BCUT2D eigenvalue weighted by Gasteiger charge is -2.22. The van der Waals surface area contributed by atoms with Crippen molar-refractivity contribution in [2.75, 3.05) is 6.54 Å². The minimum Gasteiger partial charge on any atom is -0.354 e. The highest BCUT2D eigenvalue weighted by atomic mass is 16.2. The number of piperidine rings is 1. The van der Waals surface area contributed by atoms with Gasteiger partial charge in [0.15, 0.2) is 0 Å². The summed E-state index contributed by atoms with van der Waals surface area (Å²) in [5, 5.41) is 5.47. The van der Waals surface area contributed by atoms with E-state index in [4.69, 9.17) is 0 Å². The van der Waals surface area contributed by atoms with Gasteiger partial charge in [0.25, 0.3) is 5.91 Å². The highest BCUT2D eigenvalue weighted by Gasteiger charge is 2.23. The highest BCUT2D eigenvalue weighted by molar-refractivity contribution is 5.97. The first-order valence-corrected chi connectivity index (χ1v) is 5.41. The van der Waals surface area contributed by atoms with Crippen LogP contribution in [-0.2, 0) is 4.79 Å². The minimum absolute atomic E-state index is 0.0875. The summed E-state index contributed by atoms with van der Waals surface area (Å²) in [6, 6.07) is 8.53. The first-order valence-electron chi connectivity index (χ1n) is 5.41. The Balaban J connectivity index is 1.99. The molecule has 4 heteroatoms. The molecule has 0 spiro atoms. The molecular formula is C12H14N2O2. The summed E-state index contributed by atoms with van der Waals surface area (Å²) >= 11 is 0. The van der Waals surface area contributed by atoms with E-state index in [0.29, 0.717) is 18.5 Å². The van der Waals surface area contributed by atoms with Crippen LogP contribution in [0.2, 0.25) is 0 Å². The molecule has 16 heavy (non-hydrogen) atoms. The molecule has 1 aromatic rings. The summed E-state index contributed by atoms with van der Waals surface area (Å²) in [5.74, 6) is -0.279. The number of benzene rings is 1. The average Bonchev–Trinajstić information content (AvgIpc) is 2.33. The molecule has 2 amide bonds. The van der Waals surface area contributed by atoms with Crippen LogP contribution in [0, 0.1) is 0 Å². The van der Waals surface area contributed by atoms with Crippen molar-refractivity contribution >= 4 is 11.8 Å². The predicted octanol–water partition coefficient (Wildman–Crippen LogP) is 0.695. The zero-order valence-electron chi connectivity index (χ0n) is 8.90. The van der Waals surface area contributed by atoms with E-state index in [9.17, 15) is 9.59 Å². The zero-order chi connectivity index (χ0) is 11.4. The fourth-order valence-electron chi connectivity index (χ4n) is 1.74. The van der Waals surface area contributed by atoms with E-state index in [1.54, 1.807) is 24.3 Å². The summed E-state index contributed by atoms with van der Waals surface area (Å²) in [5.41, 5.74) is 0.584. The Kier molecular flexibility index (Phi) is 3.19. The molecule has 1 saturated heterocycles. The summed E-state index contributed by atoms with van der Waals surface area (Å²) in [7, 11) is 0. The number of hydrogen-bond donors (Lipinski definition) is 2. The summed E-state index contributed by atoms with van der Waals surface area (Å²) in [4.78, 5) is 23.2. The molecule has 1 aliphatic heterocycles. The molecule has 1 heterocycles. The van der Waals surface area contributed by atoms with Crippen molar-refractivity contribution < 1.29 is 9.59 Å². The van der Waals surface area contributed by atoms with Crippen LogP contribution in [0.25, 0.3) is 0 Å². The fourth-order valence-corrected chi connectivity index (χ4v) is 1.74. The molecule has 1 aromatic carbocycles. The first kappa shape index (κ1) is 10.7. The summed E-state index contributed by atoms with van der Waals surface area (Å²) in [6.07, 6.45) is 1.62. The van der Waals surface area contributed by atoms with Crippen LogP contribution >= 0.6 is 0 Å². The van der Waals surface area contributed by atoms with Crippen LogP contribution in [-0.4, -0.2) is 24.4 Å². The Labute approximate surface area is 94.0 Å². The van der Waals surface area contributed by atoms with Gasteiger partial charge in [-0.15, -0.1) is 0 Å². The Morgan fingerprint density at radius 1 is 1.31 bits per heavy atom. The lowest BCUT2D eigenvalue weighted by molar-refractivity contribution is -0.124. The van der Waals surface area contributed by atoms with Crippen molar-refractivity contribution in [3.63, 3.8) is 0 Å². The third-order valence-electron chi connectivity index (χ3n) is 2.63. The largest absolute Gasteiger partial charge is 0.354 e. The van der Waals surface area contributed by atoms with Crippen molar-refractivity contribution in [2.45, 2.75) is 18.9 Å². The van der Waals surface area contributed by atoms with Crippen molar-refractivity contribution in [1.29, 1.82) is 0 Å². The lowest BCUT2D eigenvalue weighted by Crippen LogP contribution is -2.50. The van der Waals surface area contributed by atoms with Crippen LogP contribution in [0.1, 0.15) is 23.2 Å². The van der Waals surface area contributed by atoms with Gasteiger partial charge in [-0.05, 0) is 25.0 Å². The number of nitrogens with one attached hydrogen (secondary N) is 2. The quantitative estimate of drug-likeness (QED) is 0.767. The van der Waals surface area contributed by atoms with Crippen LogP contribution < -0.4 is 10.6 Å². The van der Waals surface area contributed by atoms with E-state index in [2.05, 4.69) is 10.6 Å². The van der Waals surface area contributed by atoms with Crippen LogP contribution in [0.3, 0.4) is 0 Å². The third-order valence-corrected chi connectivity index (χ3v) is 2.63. The van der Waals surface area contributed by atoms with Crippen LogP contribution in [0.4, 0.5) is 0 Å². The predicted molar refractivity (Wildman–Crippen MR) is 59.9 cm³/mol. The van der Waals surface area contributed by atoms with Gasteiger partial charge in [-0.3, -0.25) is 9.59 Å². The fraction of sp³-hybridized carbons (Fsp3) is 0.333. The monoisotopic (exact) mass is 218 g/mol. The van der Waals surface area contributed by atoms with Gasteiger partial charge >= 0.3 is 0 Å². The molecule has 0 radical (unpaired) electrons. The maximum Gasteiger partial charge on any atom is 0.251 e. The summed E-state index contributed by atoms with van der Waals surface area (Å²) in [6.45, 7) is 0.705. The number of hydrogen-bond acceptors (Lipinski definition) is 2. The molecule has 2 N–H and O–H groups in total. The van der Waals surface area contributed by atoms with Crippen molar-refractivity contribution in [3.05, 3.63) is 35.9 Å². The molecular weight excluding hydrogens is 204 g/mol. The molecule has 1 unspecified atom stereocenters. The van der Waals surface area contributed by atoms with Gasteiger partial charge in [0.05, 0.1) is 0 Å². The van der Waals surface area contributed by atoms with Gasteiger partial charge in [0, 0.05) is 12.1 Å². The average molecular weight is 218 g/mol. The maximum atomic E-state index is 11.8. The molecule has 1 aliphatic rings.